The fourth-order valence-corrected chi connectivity index (χ4v) is 3.60. The molecule has 1 unspecified atom stereocenters. The number of fused-ring (bicyclic) bond motifs is 1. The van der Waals surface area contributed by atoms with Gasteiger partial charge < -0.3 is 15.2 Å². The van der Waals surface area contributed by atoms with Crippen LogP contribution in [0, 0.1) is 19.8 Å². The smallest absolute Gasteiger partial charge is 0.251 e. The highest BCUT2D eigenvalue weighted by Gasteiger charge is 2.25. The third-order valence-electron chi connectivity index (χ3n) is 4.70. The Morgan fingerprint density at radius 2 is 1.92 bits per heavy atom. The lowest BCUT2D eigenvalue weighted by molar-refractivity contribution is 0.0928. The zero-order chi connectivity index (χ0) is 18.7. The van der Waals surface area contributed by atoms with Gasteiger partial charge in [0.25, 0.3) is 5.91 Å². The van der Waals surface area contributed by atoms with Crippen LogP contribution in [0.15, 0.2) is 18.2 Å². The Morgan fingerprint density at radius 3 is 2.62 bits per heavy atom. The number of hydrogen-bond acceptors (Lipinski definition) is 4. The van der Waals surface area contributed by atoms with Crippen LogP contribution in [0.2, 0.25) is 0 Å². The van der Waals surface area contributed by atoms with Gasteiger partial charge in [0.2, 0.25) is 0 Å². The number of aryl methyl sites for hydroxylation is 2. The quantitative estimate of drug-likeness (QED) is 0.865. The number of amides is 1. The molecule has 0 spiro atoms. The summed E-state index contributed by atoms with van der Waals surface area (Å²) in [4.78, 5) is 12.9. The van der Waals surface area contributed by atoms with Crippen molar-refractivity contribution in [1.82, 2.24) is 25.4 Å². The topological polar surface area (TPSA) is 71.8 Å². The maximum atomic E-state index is 12.9. The van der Waals surface area contributed by atoms with Crippen LogP contribution >= 0.6 is 0 Å². The van der Waals surface area contributed by atoms with Gasteiger partial charge in [0.15, 0.2) is 5.82 Å². The maximum Gasteiger partial charge on any atom is 0.251 e. The van der Waals surface area contributed by atoms with Crippen molar-refractivity contribution in [3.05, 3.63) is 46.5 Å². The number of hydrogen-bond donors (Lipinski definition) is 2. The second kappa shape index (κ2) is 7.99. The first-order valence-electron chi connectivity index (χ1n) is 9.46. The highest BCUT2D eigenvalue weighted by atomic mass is 16.1. The fraction of sp³-hybridized carbons (Fsp3) is 0.550. The van der Waals surface area contributed by atoms with Crippen LogP contribution in [0.3, 0.4) is 0 Å². The third-order valence-corrected chi connectivity index (χ3v) is 4.70. The van der Waals surface area contributed by atoms with E-state index in [1.54, 1.807) is 0 Å². The van der Waals surface area contributed by atoms with E-state index >= 15 is 0 Å². The molecule has 0 fully saturated rings. The molecule has 2 heterocycles. The summed E-state index contributed by atoms with van der Waals surface area (Å²) in [6.45, 7) is 11.0. The molecule has 0 radical (unpaired) electrons. The monoisotopic (exact) mass is 355 g/mol. The zero-order valence-corrected chi connectivity index (χ0v) is 16.2. The van der Waals surface area contributed by atoms with E-state index < -0.39 is 0 Å². The largest absolute Gasteiger partial charge is 0.342 e. The molecule has 1 aromatic carbocycles. The molecule has 0 bridgehead atoms. The van der Waals surface area contributed by atoms with Gasteiger partial charge in [-0.1, -0.05) is 31.0 Å². The van der Waals surface area contributed by atoms with Crippen molar-refractivity contribution >= 4 is 5.91 Å². The van der Waals surface area contributed by atoms with Crippen molar-refractivity contribution < 1.29 is 4.79 Å². The number of nitrogens with one attached hydrogen (secondary N) is 2. The average molecular weight is 355 g/mol. The molecular weight excluding hydrogens is 326 g/mol. The highest BCUT2D eigenvalue weighted by molar-refractivity contribution is 5.94. The fourth-order valence-electron chi connectivity index (χ4n) is 3.60. The lowest BCUT2D eigenvalue weighted by Crippen LogP contribution is -2.32. The summed E-state index contributed by atoms with van der Waals surface area (Å²) < 4.78 is 2.18. The van der Waals surface area contributed by atoms with E-state index in [1.165, 1.54) is 0 Å². The van der Waals surface area contributed by atoms with Gasteiger partial charge in [-0.05, 0) is 38.3 Å². The second-order valence-corrected chi connectivity index (χ2v) is 7.66. The van der Waals surface area contributed by atoms with Gasteiger partial charge >= 0.3 is 0 Å². The molecule has 2 aromatic rings. The van der Waals surface area contributed by atoms with E-state index in [4.69, 9.17) is 0 Å². The van der Waals surface area contributed by atoms with E-state index in [2.05, 4.69) is 45.3 Å². The van der Waals surface area contributed by atoms with Crippen LogP contribution in [-0.4, -0.2) is 33.8 Å². The Balaban J connectivity index is 1.87. The van der Waals surface area contributed by atoms with Gasteiger partial charge in [0.1, 0.15) is 5.82 Å². The van der Waals surface area contributed by atoms with Crippen molar-refractivity contribution in [1.29, 1.82) is 0 Å². The van der Waals surface area contributed by atoms with E-state index in [1.807, 2.05) is 26.0 Å². The highest BCUT2D eigenvalue weighted by Crippen LogP contribution is 2.22. The molecular formula is C20H29N5O. The first kappa shape index (κ1) is 18.6. The molecule has 140 valence electrons. The minimum absolute atomic E-state index is 0.0495. The molecule has 1 aliphatic heterocycles. The normalized spacial score (nSPS) is 15.4. The average Bonchev–Trinajstić information content (AvgIpc) is 2.81. The van der Waals surface area contributed by atoms with Crippen molar-refractivity contribution in [2.75, 3.05) is 13.1 Å². The number of aromatic nitrogens is 3. The minimum atomic E-state index is -0.136. The third kappa shape index (κ3) is 4.30. The molecule has 0 aliphatic carbocycles. The van der Waals surface area contributed by atoms with E-state index in [9.17, 15) is 4.79 Å². The summed E-state index contributed by atoms with van der Waals surface area (Å²) in [5, 5.41) is 15.4. The van der Waals surface area contributed by atoms with Crippen LogP contribution < -0.4 is 10.6 Å². The van der Waals surface area contributed by atoms with E-state index in [0.29, 0.717) is 11.5 Å². The summed E-state index contributed by atoms with van der Waals surface area (Å²) in [5.74, 6) is 2.26. The summed E-state index contributed by atoms with van der Waals surface area (Å²) in [5.41, 5.74) is 2.89. The first-order valence-corrected chi connectivity index (χ1v) is 9.46. The lowest BCUT2D eigenvalue weighted by atomic mass is 10.0. The molecule has 3 rings (SSSR count). The molecule has 1 aliphatic rings. The predicted octanol–water partition coefficient (Wildman–Crippen LogP) is 2.56. The van der Waals surface area contributed by atoms with Gasteiger partial charge in [-0.15, -0.1) is 10.2 Å². The molecule has 6 nitrogen and oxygen atoms in total. The van der Waals surface area contributed by atoms with Crippen LogP contribution in [0.1, 0.15) is 59.4 Å². The van der Waals surface area contributed by atoms with Gasteiger partial charge in [0, 0.05) is 31.6 Å². The zero-order valence-electron chi connectivity index (χ0n) is 16.2. The number of carbonyl (C=O) groups excluding carboxylic acids is 1. The Hall–Kier alpha value is -2.21. The summed E-state index contributed by atoms with van der Waals surface area (Å²) in [6.07, 6.45) is 1.70. The molecule has 1 amide bonds. The minimum Gasteiger partial charge on any atom is -0.342 e. The number of carbonyl (C=O) groups is 1. The van der Waals surface area contributed by atoms with Crippen LogP contribution in [-0.2, 0) is 13.0 Å². The van der Waals surface area contributed by atoms with Crippen molar-refractivity contribution in [3.8, 4) is 0 Å². The Kier molecular flexibility index (Phi) is 5.71. The Morgan fingerprint density at radius 1 is 1.19 bits per heavy atom. The first-order chi connectivity index (χ1) is 12.4. The molecule has 6 heteroatoms. The van der Waals surface area contributed by atoms with Gasteiger partial charge in [-0.3, -0.25) is 4.79 Å². The van der Waals surface area contributed by atoms with Crippen LogP contribution in [0.4, 0.5) is 0 Å². The van der Waals surface area contributed by atoms with E-state index in [0.717, 1.165) is 55.3 Å². The standard InChI is InChI=1S/C20H29N5O/c1-13(2)9-17(19-24-23-18-5-6-21-7-8-25(18)19)22-20(26)16-11-14(3)10-15(4)12-16/h10-13,17,21H,5-9H2,1-4H3,(H,22,26). The lowest BCUT2D eigenvalue weighted by Gasteiger charge is -2.21. The molecule has 1 aromatic heterocycles. The van der Waals surface area contributed by atoms with E-state index in [-0.39, 0.29) is 11.9 Å². The van der Waals surface area contributed by atoms with Crippen LogP contribution in [0.25, 0.3) is 0 Å². The van der Waals surface area contributed by atoms with Crippen molar-refractivity contribution in [2.45, 2.75) is 53.1 Å². The van der Waals surface area contributed by atoms with Gasteiger partial charge in [-0.25, -0.2) is 0 Å². The SMILES string of the molecule is Cc1cc(C)cc(C(=O)NC(CC(C)C)c2nnc3n2CCNCC3)c1. The Labute approximate surface area is 155 Å². The van der Waals surface area contributed by atoms with Crippen molar-refractivity contribution in [3.63, 3.8) is 0 Å². The predicted molar refractivity (Wildman–Crippen MR) is 102 cm³/mol. The van der Waals surface area contributed by atoms with Gasteiger partial charge in [0.05, 0.1) is 6.04 Å². The summed E-state index contributed by atoms with van der Waals surface area (Å²) >= 11 is 0. The maximum absolute atomic E-state index is 12.9. The molecule has 26 heavy (non-hydrogen) atoms. The number of rotatable bonds is 5. The molecule has 1 atom stereocenters. The molecule has 0 saturated carbocycles. The molecule has 0 saturated heterocycles. The number of benzene rings is 1. The molecule has 2 N–H and O–H groups in total. The second-order valence-electron chi connectivity index (χ2n) is 7.66. The van der Waals surface area contributed by atoms with Gasteiger partial charge in [-0.2, -0.15) is 0 Å². The van der Waals surface area contributed by atoms with Crippen molar-refractivity contribution in [2.24, 2.45) is 5.92 Å². The summed E-state index contributed by atoms with van der Waals surface area (Å²) in [7, 11) is 0. The number of nitrogens with zero attached hydrogens (tertiary/aromatic N) is 3. The summed E-state index contributed by atoms with van der Waals surface area (Å²) in [6, 6.07) is 5.81. The van der Waals surface area contributed by atoms with Crippen LogP contribution in [0.5, 0.6) is 0 Å². The Bertz CT molecular complexity index is 760.